The SMILES string of the molecule is CN1C(C2=C(C3=CC=CC4SC5CC6c7ccccc7N(c7ccccc7)C6C=C5C34)NCC(C3C(C4C=CC=CC4)=CCCC3C3C=CCCC3)=C2)=NC(C2=CCCC=C2)=NC1C1=CC=CCC1. The summed E-state index contributed by atoms with van der Waals surface area (Å²) in [7, 11) is 2.26. The normalized spacial score (nSPS) is 33.2. The molecule has 6 heteroatoms. The molecule has 0 amide bonds. The number of allylic oxidation sites excluding steroid dienone is 16. The van der Waals surface area contributed by atoms with Crippen molar-refractivity contribution in [1.82, 2.24) is 10.2 Å². The van der Waals surface area contributed by atoms with Crippen LogP contribution in [0.2, 0.25) is 0 Å². The second-order valence-electron chi connectivity index (χ2n) is 21.0. The smallest absolute Gasteiger partial charge is 0.159 e. The van der Waals surface area contributed by atoms with Crippen LogP contribution in [0, 0.1) is 29.6 Å². The number of para-hydroxylation sites is 2. The van der Waals surface area contributed by atoms with Gasteiger partial charge in [0.1, 0.15) is 12.0 Å². The van der Waals surface area contributed by atoms with Crippen molar-refractivity contribution in [2.45, 2.75) is 99.3 Å². The van der Waals surface area contributed by atoms with Gasteiger partial charge in [-0.3, -0.25) is 0 Å². The van der Waals surface area contributed by atoms with Crippen LogP contribution < -0.4 is 10.2 Å². The number of hydrogen-bond acceptors (Lipinski definition) is 6. The predicted molar refractivity (Wildman–Crippen MR) is 290 cm³/mol. The van der Waals surface area contributed by atoms with E-state index in [0.717, 1.165) is 68.7 Å². The van der Waals surface area contributed by atoms with Crippen LogP contribution in [0.4, 0.5) is 11.4 Å². The van der Waals surface area contributed by atoms with Crippen molar-refractivity contribution in [2.24, 2.45) is 39.6 Å². The topological polar surface area (TPSA) is 43.2 Å². The summed E-state index contributed by atoms with van der Waals surface area (Å²) >= 11 is 2.20. The largest absolute Gasteiger partial charge is 0.380 e. The van der Waals surface area contributed by atoms with Crippen LogP contribution in [-0.2, 0) is 0 Å². The van der Waals surface area contributed by atoms with E-state index in [-0.39, 0.29) is 18.1 Å². The maximum Gasteiger partial charge on any atom is 0.159 e. The molecule has 11 aliphatic rings. The predicted octanol–water partition coefficient (Wildman–Crippen LogP) is 14.1. The average molecular weight is 924 g/mol. The molecular weight excluding hydrogens is 859 g/mol. The number of likely N-dealkylation sites (N-methyl/N-ethyl adjacent to an activating group) is 1. The van der Waals surface area contributed by atoms with E-state index in [1.165, 1.54) is 70.6 Å². The van der Waals surface area contributed by atoms with Crippen molar-refractivity contribution in [1.29, 1.82) is 0 Å². The highest BCUT2D eigenvalue weighted by Crippen LogP contribution is 2.59. The first-order valence-electron chi connectivity index (χ1n) is 26.4. The van der Waals surface area contributed by atoms with E-state index < -0.39 is 0 Å². The summed E-state index contributed by atoms with van der Waals surface area (Å²) in [6, 6.07) is 20.6. The first-order valence-corrected chi connectivity index (χ1v) is 27.3. The van der Waals surface area contributed by atoms with Gasteiger partial charge in [-0.15, -0.1) is 11.8 Å². The lowest BCUT2D eigenvalue weighted by molar-refractivity contribution is 0.257. The number of nitrogens with one attached hydrogen (secondary N) is 1. The van der Waals surface area contributed by atoms with Gasteiger partial charge in [0.05, 0.1) is 6.04 Å². The second-order valence-corrected chi connectivity index (χ2v) is 22.4. The molecule has 10 atom stereocenters. The minimum absolute atomic E-state index is 0.129. The lowest BCUT2D eigenvalue weighted by Gasteiger charge is -2.43. The highest BCUT2D eigenvalue weighted by molar-refractivity contribution is 8.01. The van der Waals surface area contributed by atoms with Crippen LogP contribution >= 0.6 is 11.8 Å². The monoisotopic (exact) mass is 923 g/mol. The second kappa shape index (κ2) is 18.5. The Morgan fingerprint density at radius 3 is 2.54 bits per heavy atom. The number of hydrogen-bond donors (Lipinski definition) is 1. The summed E-state index contributed by atoms with van der Waals surface area (Å²) in [5.41, 5.74) is 15.3. The zero-order valence-corrected chi connectivity index (χ0v) is 40.9. The third kappa shape index (κ3) is 7.77. The van der Waals surface area contributed by atoms with E-state index in [2.05, 4.69) is 198 Å². The molecule has 2 aromatic carbocycles. The molecule has 13 rings (SSSR count). The fourth-order valence-corrected chi connectivity index (χ4v) is 15.7. The van der Waals surface area contributed by atoms with E-state index in [0.29, 0.717) is 40.1 Å². The number of dihydropyridines is 1. The Hall–Kier alpha value is -5.85. The Balaban J connectivity index is 0.977. The Bertz CT molecular complexity index is 2880. The lowest BCUT2D eigenvalue weighted by Crippen LogP contribution is -2.45. The molecule has 1 N–H and O–H groups in total. The van der Waals surface area contributed by atoms with Crippen LogP contribution in [0.3, 0.4) is 0 Å². The molecule has 4 heterocycles. The van der Waals surface area contributed by atoms with Gasteiger partial charge >= 0.3 is 0 Å². The summed E-state index contributed by atoms with van der Waals surface area (Å²) in [4.78, 5) is 16.3. The van der Waals surface area contributed by atoms with Crippen molar-refractivity contribution >= 4 is 34.8 Å². The van der Waals surface area contributed by atoms with Crippen molar-refractivity contribution in [3.8, 4) is 0 Å². The van der Waals surface area contributed by atoms with Crippen molar-refractivity contribution in [3.05, 3.63) is 214 Å². The molecule has 7 aliphatic carbocycles. The number of aliphatic imine (C=N–C) groups is 2. The van der Waals surface area contributed by atoms with Gasteiger partial charge in [-0.1, -0.05) is 151 Å². The summed E-state index contributed by atoms with van der Waals surface area (Å²) in [6.45, 7) is 0.834. The fraction of sp³-hybridized carbons (Fsp3) is 0.365. The van der Waals surface area contributed by atoms with Crippen LogP contribution in [0.1, 0.15) is 82.1 Å². The Kier molecular flexibility index (Phi) is 11.6. The highest BCUT2D eigenvalue weighted by Gasteiger charge is 2.51. The van der Waals surface area contributed by atoms with Gasteiger partial charge in [0.2, 0.25) is 0 Å². The number of benzene rings is 2. The molecule has 1 fully saturated rings. The van der Waals surface area contributed by atoms with Gasteiger partial charge in [0.15, 0.2) is 5.84 Å². The molecule has 0 spiro atoms. The zero-order chi connectivity index (χ0) is 45.8. The summed E-state index contributed by atoms with van der Waals surface area (Å²) < 4.78 is 0. The summed E-state index contributed by atoms with van der Waals surface area (Å²) in [5, 5.41) is 5.16. The minimum atomic E-state index is -0.129. The molecule has 0 aromatic heterocycles. The molecule has 0 radical (unpaired) electrons. The van der Waals surface area contributed by atoms with E-state index >= 15 is 0 Å². The number of anilines is 2. The summed E-state index contributed by atoms with van der Waals surface area (Å²) in [6.07, 6.45) is 56.1. The van der Waals surface area contributed by atoms with Crippen molar-refractivity contribution < 1.29 is 0 Å². The molecule has 10 unspecified atom stereocenters. The maximum absolute atomic E-state index is 5.74. The molecule has 0 saturated carbocycles. The molecule has 348 valence electrons. The van der Waals surface area contributed by atoms with Gasteiger partial charge in [0.25, 0.3) is 0 Å². The third-order valence-electron chi connectivity index (χ3n) is 17.2. The number of amidine groups is 2. The van der Waals surface area contributed by atoms with Gasteiger partial charge in [-0.05, 0) is 129 Å². The first kappa shape index (κ1) is 43.2. The third-order valence-corrected chi connectivity index (χ3v) is 18.7. The van der Waals surface area contributed by atoms with E-state index in [4.69, 9.17) is 9.98 Å². The molecule has 69 heavy (non-hydrogen) atoms. The molecule has 2 aromatic rings. The number of rotatable bonds is 8. The van der Waals surface area contributed by atoms with Crippen LogP contribution in [0.25, 0.3) is 0 Å². The van der Waals surface area contributed by atoms with Gasteiger partial charge in [-0.25, -0.2) is 9.98 Å². The quantitative estimate of drug-likeness (QED) is 0.268. The molecule has 4 aliphatic heterocycles. The standard InChI is InChI=1S/C63H65N5S/c1-67-62(44-27-13-5-14-28-44)65-61(43-25-11-4-12-26-43)66-63(67)53-37-45(58-47(41-21-7-2-8-22-41)32-19-33-48(58)42-23-9-3-10-24-42)40-64-60(53)50-34-20-36-56-59(50)52-38-55-51(39-57(52)69-56)49-31-17-18-35-54(49)68(55)46-29-15-6-16-30-46/h2,5-9,11,13,15-18,20-21,23,25-27,29-32,34-38,41-42,48,51,55-59,62,64H,3-4,10,12,14,19,22,24,28,33,39-40H2,1H3. The average Bonchev–Trinajstić information content (AvgIpc) is 3.96. The molecule has 5 nitrogen and oxygen atoms in total. The molecule has 1 saturated heterocycles. The summed E-state index contributed by atoms with van der Waals surface area (Å²) in [5.74, 6) is 4.57. The minimum Gasteiger partial charge on any atom is -0.380 e. The van der Waals surface area contributed by atoms with E-state index in [1.54, 1.807) is 11.1 Å². The number of thioether (sulfide) groups is 1. The van der Waals surface area contributed by atoms with Gasteiger partial charge < -0.3 is 15.1 Å². The maximum atomic E-state index is 5.74. The van der Waals surface area contributed by atoms with Gasteiger partial charge in [0, 0.05) is 76.0 Å². The Morgan fingerprint density at radius 1 is 0.768 bits per heavy atom. The van der Waals surface area contributed by atoms with E-state index in [9.17, 15) is 0 Å². The van der Waals surface area contributed by atoms with Crippen LogP contribution in [0.5, 0.6) is 0 Å². The van der Waals surface area contributed by atoms with Crippen LogP contribution in [-0.4, -0.2) is 52.9 Å². The number of nitrogens with zero attached hydrogens (tertiary/aromatic N) is 4. The molecular formula is C63H65N5S. The Labute approximate surface area is 414 Å². The molecule has 0 bridgehead atoms. The fourth-order valence-electron chi connectivity index (χ4n) is 14.0. The van der Waals surface area contributed by atoms with Crippen LogP contribution in [0.15, 0.2) is 219 Å². The zero-order valence-electron chi connectivity index (χ0n) is 40.0. The first-order chi connectivity index (χ1) is 34.2. The lowest BCUT2D eigenvalue weighted by atomic mass is 9.63. The number of fused-ring (bicyclic) bond motifs is 6. The van der Waals surface area contributed by atoms with Gasteiger partial charge in [-0.2, -0.15) is 0 Å². The van der Waals surface area contributed by atoms with Crippen molar-refractivity contribution in [3.63, 3.8) is 0 Å². The van der Waals surface area contributed by atoms with Crippen molar-refractivity contribution in [2.75, 3.05) is 18.5 Å². The highest BCUT2D eigenvalue weighted by atomic mass is 32.2. The van der Waals surface area contributed by atoms with E-state index in [1.807, 2.05) is 0 Å². The Morgan fingerprint density at radius 2 is 1.70 bits per heavy atom.